The van der Waals surface area contributed by atoms with Gasteiger partial charge in [0.1, 0.15) is 0 Å². The van der Waals surface area contributed by atoms with Crippen molar-refractivity contribution in [1.82, 2.24) is 4.31 Å². The van der Waals surface area contributed by atoms with Gasteiger partial charge in [0.2, 0.25) is 10.0 Å². The molecule has 5 nitrogen and oxygen atoms in total. The summed E-state index contributed by atoms with van der Waals surface area (Å²) in [7, 11) is -3.54. The van der Waals surface area contributed by atoms with Crippen LogP contribution >= 0.6 is 0 Å². The molecule has 1 aliphatic rings. The SMILES string of the molecule is CC1COCCN1S(=O)(=O)c1cccc2cc(N)ccc12. The first-order valence-corrected chi connectivity index (χ1v) is 8.32. The van der Waals surface area contributed by atoms with E-state index in [1.807, 2.05) is 13.0 Å². The van der Waals surface area contributed by atoms with E-state index in [1.54, 1.807) is 30.3 Å². The molecule has 0 bridgehead atoms. The van der Waals surface area contributed by atoms with Crippen LogP contribution in [0.15, 0.2) is 41.3 Å². The Labute approximate surface area is 124 Å². The molecule has 112 valence electrons. The number of anilines is 1. The number of rotatable bonds is 2. The molecule has 6 heteroatoms. The summed E-state index contributed by atoms with van der Waals surface area (Å²) in [6, 6.07) is 10.4. The van der Waals surface area contributed by atoms with Crippen LogP contribution in [0.2, 0.25) is 0 Å². The molecule has 3 rings (SSSR count). The number of sulfonamides is 1. The van der Waals surface area contributed by atoms with Crippen LogP contribution in [0.4, 0.5) is 5.69 Å². The minimum absolute atomic E-state index is 0.159. The Morgan fingerprint density at radius 3 is 2.86 bits per heavy atom. The van der Waals surface area contributed by atoms with Crippen LogP contribution in [0.5, 0.6) is 0 Å². The second kappa shape index (κ2) is 5.29. The number of benzene rings is 2. The van der Waals surface area contributed by atoms with E-state index in [9.17, 15) is 8.42 Å². The average molecular weight is 306 g/mol. The van der Waals surface area contributed by atoms with Gasteiger partial charge in [-0.3, -0.25) is 0 Å². The molecular weight excluding hydrogens is 288 g/mol. The molecule has 0 amide bonds. The third-order valence-electron chi connectivity index (χ3n) is 3.76. The lowest BCUT2D eigenvalue weighted by Gasteiger charge is -2.32. The van der Waals surface area contributed by atoms with Crippen molar-refractivity contribution in [3.63, 3.8) is 0 Å². The summed E-state index contributed by atoms with van der Waals surface area (Å²) in [6.07, 6.45) is 0. The average Bonchev–Trinajstić information content (AvgIpc) is 2.46. The van der Waals surface area contributed by atoms with E-state index >= 15 is 0 Å². The van der Waals surface area contributed by atoms with E-state index in [-0.39, 0.29) is 6.04 Å². The number of nitrogen functional groups attached to an aromatic ring is 1. The van der Waals surface area contributed by atoms with Crippen molar-refractivity contribution in [1.29, 1.82) is 0 Å². The monoisotopic (exact) mass is 306 g/mol. The molecule has 0 aliphatic carbocycles. The summed E-state index contributed by atoms with van der Waals surface area (Å²) < 4.78 is 32.7. The van der Waals surface area contributed by atoms with Crippen LogP contribution in [-0.4, -0.2) is 38.5 Å². The van der Waals surface area contributed by atoms with Crippen LogP contribution in [-0.2, 0) is 14.8 Å². The zero-order chi connectivity index (χ0) is 15.0. The van der Waals surface area contributed by atoms with Gasteiger partial charge in [-0.1, -0.05) is 18.2 Å². The number of fused-ring (bicyclic) bond motifs is 1. The van der Waals surface area contributed by atoms with Gasteiger partial charge in [-0.25, -0.2) is 8.42 Å². The molecule has 2 N–H and O–H groups in total. The van der Waals surface area contributed by atoms with E-state index in [4.69, 9.17) is 10.5 Å². The lowest BCUT2D eigenvalue weighted by Crippen LogP contribution is -2.46. The highest BCUT2D eigenvalue weighted by Crippen LogP contribution is 2.28. The smallest absolute Gasteiger partial charge is 0.244 e. The van der Waals surface area contributed by atoms with Gasteiger partial charge in [-0.05, 0) is 30.5 Å². The minimum Gasteiger partial charge on any atom is -0.399 e. The van der Waals surface area contributed by atoms with Crippen LogP contribution in [0.25, 0.3) is 10.8 Å². The molecule has 1 atom stereocenters. The van der Waals surface area contributed by atoms with Gasteiger partial charge in [0.05, 0.1) is 18.1 Å². The quantitative estimate of drug-likeness (QED) is 0.859. The van der Waals surface area contributed by atoms with Crippen LogP contribution in [0, 0.1) is 0 Å². The van der Waals surface area contributed by atoms with Crippen LogP contribution in [0.3, 0.4) is 0 Å². The molecule has 2 aromatic carbocycles. The zero-order valence-electron chi connectivity index (χ0n) is 11.8. The topological polar surface area (TPSA) is 72.6 Å². The van der Waals surface area contributed by atoms with Crippen molar-refractivity contribution in [2.75, 3.05) is 25.5 Å². The molecule has 0 saturated carbocycles. The molecular formula is C15H18N2O3S. The molecule has 0 radical (unpaired) electrons. The Bertz CT molecular complexity index is 774. The third-order valence-corrected chi connectivity index (χ3v) is 5.83. The standard InChI is InChI=1S/C15H18N2O3S/c1-11-10-20-8-7-17(11)21(18,19)15-4-2-3-12-9-13(16)5-6-14(12)15/h2-6,9,11H,7-8,10,16H2,1H3. The molecule has 2 aromatic rings. The maximum Gasteiger partial charge on any atom is 0.244 e. The number of morpholine rings is 1. The highest BCUT2D eigenvalue weighted by Gasteiger charge is 2.32. The van der Waals surface area contributed by atoms with Gasteiger partial charge in [0, 0.05) is 23.7 Å². The fourth-order valence-corrected chi connectivity index (χ4v) is 4.51. The van der Waals surface area contributed by atoms with Crippen molar-refractivity contribution in [2.45, 2.75) is 17.9 Å². The maximum atomic E-state index is 12.9. The van der Waals surface area contributed by atoms with E-state index in [1.165, 1.54) is 4.31 Å². The van der Waals surface area contributed by atoms with Crippen LogP contribution in [0.1, 0.15) is 6.92 Å². The van der Waals surface area contributed by atoms with E-state index < -0.39 is 10.0 Å². The van der Waals surface area contributed by atoms with Crippen molar-refractivity contribution >= 4 is 26.5 Å². The Hall–Kier alpha value is -1.63. The Morgan fingerprint density at radius 1 is 1.29 bits per heavy atom. The second-order valence-electron chi connectivity index (χ2n) is 5.28. The van der Waals surface area contributed by atoms with Gasteiger partial charge in [0.25, 0.3) is 0 Å². The molecule has 1 unspecified atom stereocenters. The first kappa shape index (κ1) is 14.3. The maximum absolute atomic E-state index is 12.9. The van der Waals surface area contributed by atoms with Gasteiger partial charge >= 0.3 is 0 Å². The van der Waals surface area contributed by atoms with Gasteiger partial charge in [-0.2, -0.15) is 4.31 Å². The summed E-state index contributed by atoms with van der Waals surface area (Å²) in [5.41, 5.74) is 6.39. The Balaban J connectivity index is 2.15. The lowest BCUT2D eigenvalue weighted by molar-refractivity contribution is 0.0393. The van der Waals surface area contributed by atoms with Gasteiger partial charge in [0.15, 0.2) is 0 Å². The fraction of sp³-hybridized carbons (Fsp3) is 0.333. The van der Waals surface area contributed by atoms with E-state index in [0.717, 1.165) is 5.39 Å². The summed E-state index contributed by atoms with van der Waals surface area (Å²) in [5, 5.41) is 1.53. The number of nitrogens with zero attached hydrogens (tertiary/aromatic N) is 1. The lowest BCUT2D eigenvalue weighted by atomic mass is 10.1. The number of hydrogen-bond donors (Lipinski definition) is 1. The molecule has 1 saturated heterocycles. The Kier molecular flexibility index (Phi) is 3.61. The highest BCUT2D eigenvalue weighted by atomic mass is 32.2. The normalized spacial score (nSPS) is 20.7. The molecule has 1 heterocycles. The number of hydrogen-bond acceptors (Lipinski definition) is 4. The van der Waals surface area contributed by atoms with E-state index in [0.29, 0.717) is 35.7 Å². The molecule has 0 aromatic heterocycles. The molecule has 1 aliphatic heterocycles. The second-order valence-corrected chi connectivity index (χ2v) is 7.14. The molecule has 1 fully saturated rings. The predicted octanol–water partition coefficient (Wildman–Crippen LogP) is 1.83. The van der Waals surface area contributed by atoms with E-state index in [2.05, 4.69) is 0 Å². The largest absolute Gasteiger partial charge is 0.399 e. The molecule has 0 spiro atoms. The summed E-state index contributed by atoms with van der Waals surface area (Å²) in [4.78, 5) is 0.328. The highest BCUT2D eigenvalue weighted by molar-refractivity contribution is 7.89. The number of ether oxygens (including phenoxy) is 1. The first-order valence-electron chi connectivity index (χ1n) is 6.88. The molecule has 21 heavy (non-hydrogen) atoms. The van der Waals surface area contributed by atoms with Gasteiger partial charge < -0.3 is 10.5 Å². The summed E-state index contributed by atoms with van der Waals surface area (Å²) >= 11 is 0. The summed E-state index contributed by atoms with van der Waals surface area (Å²) in [6.45, 7) is 3.10. The van der Waals surface area contributed by atoms with Crippen molar-refractivity contribution in [3.8, 4) is 0 Å². The Morgan fingerprint density at radius 2 is 2.10 bits per heavy atom. The van der Waals surface area contributed by atoms with Crippen LogP contribution < -0.4 is 5.73 Å². The van der Waals surface area contributed by atoms with Gasteiger partial charge in [-0.15, -0.1) is 0 Å². The van der Waals surface area contributed by atoms with Crippen molar-refractivity contribution < 1.29 is 13.2 Å². The first-order chi connectivity index (χ1) is 10.00. The third kappa shape index (κ3) is 2.50. The predicted molar refractivity (Wildman–Crippen MR) is 82.5 cm³/mol. The minimum atomic E-state index is -3.54. The van der Waals surface area contributed by atoms with Crippen molar-refractivity contribution in [3.05, 3.63) is 36.4 Å². The fourth-order valence-electron chi connectivity index (χ4n) is 2.69. The van der Waals surface area contributed by atoms with Crippen molar-refractivity contribution in [2.24, 2.45) is 0 Å². The zero-order valence-corrected chi connectivity index (χ0v) is 12.6. The summed E-state index contributed by atoms with van der Waals surface area (Å²) in [5.74, 6) is 0. The number of nitrogens with two attached hydrogens (primary N) is 1.